The van der Waals surface area contributed by atoms with Gasteiger partial charge in [0.25, 0.3) is 11.1 Å². The van der Waals surface area contributed by atoms with Crippen molar-refractivity contribution in [3.8, 4) is 0 Å². The number of benzene rings is 2. The summed E-state index contributed by atoms with van der Waals surface area (Å²) < 4.78 is 34.8. The van der Waals surface area contributed by atoms with Gasteiger partial charge >= 0.3 is 12.1 Å². The maximum absolute atomic E-state index is 13.4. The Balaban J connectivity index is 0.000000204. The van der Waals surface area contributed by atoms with Crippen molar-refractivity contribution >= 4 is 23.7 Å². The molecule has 6 rings (SSSR count). The smallest absolute Gasteiger partial charge is 0.323 e. The molecule has 14 nitrogen and oxygen atoms in total. The number of rotatable bonds is 7. The average molecular weight is 735 g/mol. The van der Waals surface area contributed by atoms with Crippen LogP contribution >= 0.6 is 0 Å². The largest absolute Gasteiger partial charge is 0.389 e. The Labute approximate surface area is 305 Å². The number of ether oxygens (including phenoxy) is 1. The molecule has 4 aromatic rings. The summed E-state index contributed by atoms with van der Waals surface area (Å²) in [5.41, 5.74) is -0.264. The number of anilines is 2. The van der Waals surface area contributed by atoms with Crippen LogP contribution in [0.5, 0.6) is 0 Å². The van der Waals surface area contributed by atoms with Crippen LogP contribution in [0, 0.1) is 11.6 Å². The maximum Gasteiger partial charge on any atom is 0.323 e. The number of carbonyl (C=O) groups excluding carboxylic acids is 2. The Morgan fingerprint density at radius 3 is 1.57 bits per heavy atom. The van der Waals surface area contributed by atoms with Crippen LogP contribution in [0.1, 0.15) is 36.8 Å². The number of methoxy groups -OCH3 is 1. The molecule has 2 aromatic carbocycles. The Hall–Kier alpha value is -5.48. The quantitative estimate of drug-likeness (QED) is 0.259. The molecule has 2 aliphatic heterocycles. The number of amides is 4. The van der Waals surface area contributed by atoms with Gasteiger partial charge in [0, 0.05) is 72.4 Å². The molecule has 3 N–H and O–H groups in total. The SMILES string of the molecule is COC1(Cc2cccc(F)c2)CCN(C(=O)Nc2ccc(=O)n(C)n2)CC1.Cn1nc(NC(=O)N2CCC(O)(Cc3cccc(F)c3)CC2)ccc1=O. The Bertz CT molecular complexity index is 2020. The molecule has 2 aromatic heterocycles. The lowest BCUT2D eigenvalue weighted by atomic mass is 9.85. The van der Waals surface area contributed by atoms with Crippen LogP contribution < -0.4 is 21.8 Å². The lowest BCUT2D eigenvalue weighted by Gasteiger charge is -2.41. The van der Waals surface area contributed by atoms with E-state index in [4.69, 9.17) is 4.74 Å². The third-order valence-electron chi connectivity index (χ3n) is 9.60. The molecule has 16 heteroatoms. The molecule has 0 aliphatic carbocycles. The highest BCUT2D eigenvalue weighted by Crippen LogP contribution is 2.30. The van der Waals surface area contributed by atoms with Gasteiger partial charge in [-0.15, -0.1) is 0 Å². The van der Waals surface area contributed by atoms with Gasteiger partial charge in [-0.25, -0.2) is 27.7 Å². The Morgan fingerprint density at radius 1 is 0.717 bits per heavy atom. The number of aromatic nitrogens is 4. The van der Waals surface area contributed by atoms with Gasteiger partial charge in [-0.2, -0.15) is 10.2 Å². The number of halogens is 2. The van der Waals surface area contributed by atoms with Gasteiger partial charge in [0.1, 0.15) is 11.6 Å². The van der Waals surface area contributed by atoms with E-state index in [1.807, 2.05) is 6.07 Å². The van der Waals surface area contributed by atoms with Gasteiger partial charge in [-0.3, -0.25) is 20.2 Å². The molecule has 4 heterocycles. The topological polar surface area (TPSA) is 164 Å². The average Bonchev–Trinajstić information content (AvgIpc) is 3.12. The fourth-order valence-electron chi connectivity index (χ4n) is 6.43. The first-order chi connectivity index (χ1) is 25.2. The van der Waals surface area contributed by atoms with Crippen molar-refractivity contribution in [2.75, 3.05) is 43.9 Å². The van der Waals surface area contributed by atoms with E-state index in [9.17, 15) is 33.1 Å². The number of nitrogens with one attached hydrogen (secondary N) is 2. The first-order valence-corrected chi connectivity index (χ1v) is 17.2. The lowest BCUT2D eigenvalue weighted by molar-refractivity contribution is -0.0489. The first kappa shape index (κ1) is 38.7. The number of urea groups is 2. The second kappa shape index (κ2) is 16.9. The monoisotopic (exact) mass is 734 g/mol. The lowest BCUT2D eigenvalue weighted by Crippen LogP contribution is -2.50. The molecule has 0 spiro atoms. The highest BCUT2D eigenvalue weighted by molar-refractivity contribution is 5.88. The third-order valence-corrected chi connectivity index (χ3v) is 9.60. The number of aryl methyl sites for hydroxylation is 2. The van der Waals surface area contributed by atoms with Gasteiger partial charge in [0.2, 0.25) is 0 Å². The minimum atomic E-state index is -0.959. The van der Waals surface area contributed by atoms with Gasteiger partial charge in [-0.1, -0.05) is 24.3 Å². The van der Waals surface area contributed by atoms with E-state index in [1.54, 1.807) is 35.1 Å². The molecule has 0 radical (unpaired) electrons. The van der Waals surface area contributed by atoms with E-state index in [-0.39, 0.29) is 40.6 Å². The zero-order chi connectivity index (χ0) is 38.2. The maximum atomic E-state index is 13.4. The molecule has 53 heavy (non-hydrogen) atoms. The minimum absolute atomic E-state index is 0.242. The second-order valence-corrected chi connectivity index (χ2v) is 13.4. The number of piperidine rings is 2. The zero-order valence-corrected chi connectivity index (χ0v) is 29.9. The van der Waals surface area contributed by atoms with Crippen LogP contribution in [0.3, 0.4) is 0 Å². The number of hydrogen-bond donors (Lipinski definition) is 3. The number of carbonyl (C=O) groups is 2. The van der Waals surface area contributed by atoms with Crippen molar-refractivity contribution in [1.82, 2.24) is 29.4 Å². The van der Waals surface area contributed by atoms with Crippen LogP contribution in [-0.2, 0) is 31.7 Å². The molecule has 2 fully saturated rings. The van der Waals surface area contributed by atoms with E-state index in [1.165, 1.54) is 67.3 Å². The van der Waals surface area contributed by atoms with Crippen molar-refractivity contribution in [2.45, 2.75) is 49.7 Å². The number of likely N-dealkylation sites (tertiary alicyclic amines) is 2. The van der Waals surface area contributed by atoms with Crippen LogP contribution in [0.4, 0.5) is 30.0 Å². The zero-order valence-electron chi connectivity index (χ0n) is 29.9. The molecule has 0 bridgehead atoms. The summed E-state index contributed by atoms with van der Waals surface area (Å²) in [6, 6.07) is 17.7. The van der Waals surface area contributed by atoms with Crippen molar-refractivity contribution in [1.29, 1.82) is 0 Å². The predicted molar refractivity (Wildman–Crippen MR) is 194 cm³/mol. The third kappa shape index (κ3) is 10.5. The Morgan fingerprint density at radius 2 is 1.15 bits per heavy atom. The predicted octanol–water partition coefficient (Wildman–Crippen LogP) is 3.70. The summed E-state index contributed by atoms with van der Waals surface area (Å²) in [6.07, 6.45) is 3.04. The molecule has 282 valence electrons. The second-order valence-electron chi connectivity index (χ2n) is 13.4. The molecule has 4 amide bonds. The number of aliphatic hydroxyl groups is 1. The van der Waals surface area contributed by atoms with E-state index < -0.39 is 11.2 Å². The summed E-state index contributed by atoms with van der Waals surface area (Å²) >= 11 is 0. The first-order valence-electron chi connectivity index (χ1n) is 17.2. The van der Waals surface area contributed by atoms with Crippen molar-refractivity contribution in [3.63, 3.8) is 0 Å². The number of nitrogens with zero attached hydrogens (tertiary/aromatic N) is 6. The van der Waals surface area contributed by atoms with Crippen LogP contribution in [-0.4, -0.2) is 91.0 Å². The van der Waals surface area contributed by atoms with Gasteiger partial charge in [0.15, 0.2) is 11.6 Å². The van der Waals surface area contributed by atoms with E-state index in [2.05, 4.69) is 20.8 Å². The van der Waals surface area contributed by atoms with Crippen LogP contribution in [0.15, 0.2) is 82.4 Å². The van der Waals surface area contributed by atoms with Crippen LogP contribution in [0.25, 0.3) is 0 Å². The summed E-state index contributed by atoms with van der Waals surface area (Å²) in [4.78, 5) is 50.8. The number of hydrogen-bond acceptors (Lipinski definition) is 8. The summed E-state index contributed by atoms with van der Waals surface area (Å²) in [5, 5.41) is 24.1. The molecule has 0 unspecified atom stereocenters. The molecule has 0 saturated carbocycles. The minimum Gasteiger partial charge on any atom is -0.389 e. The normalized spacial score (nSPS) is 16.3. The fourth-order valence-corrected chi connectivity index (χ4v) is 6.43. The standard InChI is InChI=1S/C19H23FN4O3.C18H21FN4O3/c1-23-17(25)7-6-16(22-23)21-18(26)24-10-8-19(27-2,9-11-24)13-14-4-3-5-15(20)12-14;1-22-16(24)6-5-15(21-22)20-17(25)23-9-7-18(26,8-10-23)12-13-3-2-4-14(19)11-13/h3-7,12H,8-11,13H2,1-2H3,(H,21,22,26);2-6,11,26H,7-10,12H2,1H3,(H,20,21,25). The van der Waals surface area contributed by atoms with Gasteiger partial charge in [-0.05, 0) is 73.2 Å². The highest BCUT2D eigenvalue weighted by atomic mass is 19.1. The van der Waals surface area contributed by atoms with Gasteiger partial charge < -0.3 is 19.6 Å². The molecular formula is C37H44F2N8O6. The highest BCUT2D eigenvalue weighted by Gasteiger charge is 2.37. The molecule has 2 saturated heterocycles. The van der Waals surface area contributed by atoms with E-state index >= 15 is 0 Å². The fraction of sp³-hybridized carbons (Fsp3) is 0.405. The van der Waals surface area contributed by atoms with E-state index in [0.29, 0.717) is 70.5 Å². The van der Waals surface area contributed by atoms with Crippen molar-refractivity contribution < 1.29 is 28.2 Å². The van der Waals surface area contributed by atoms with E-state index in [0.717, 1.165) is 15.8 Å². The van der Waals surface area contributed by atoms with Gasteiger partial charge in [0.05, 0.1) is 11.2 Å². The molecular weight excluding hydrogens is 690 g/mol. The summed E-state index contributed by atoms with van der Waals surface area (Å²) in [5.74, 6) is 0.0242. The summed E-state index contributed by atoms with van der Waals surface area (Å²) in [7, 11) is 4.69. The molecule has 2 aliphatic rings. The Kier molecular flexibility index (Phi) is 12.4. The van der Waals surface area contributed by atoms with Crippen molar-refractivity contribution in [3.05, 3.63) is 116 Å². The molecule has 0 atom stereocenters. The van der Waals surface area contributed by atoms with Crippen molar-refractivity contribution in [2.24, 2.45) is 14.1 Å². The van der Waals surface area contributed by atoms with Crippen LogP contribution in [0.2, 0.25) is 0 Å². The summed E-state index contributed by atoms with van der Waals surface area (Å²) in [6.45, 7) is 1.79.